The van der Waals surface area contributed by atoms with Gasteiger partial charge >= 0.3 is 5.97 Å². The van der Waals surface area contributed by atoms with Crippen LogP contribution >= 0.6 is 0 Å². The maximum atomic E-state index is 14.3. The van der Waals surface area contributed by atoms with E-state index in [9.17, 15) is 23.8 Å². The summed E-state index contributed by atoms with van der Waals surface area (Å²) in [5, 5.41) is 21.0. The van der Waals surface area contributed by atoms with Crippen LogP contribution in [-0.4, -0.2) is 46.5 Å². The van der Waals surface area contributed by atoms with Gasteiger partial charge in [0.15, 0.2) is 0 Å². The molecular formula is C30H48F2O5. The van der Waals surface area contributed by atoms with Crippen molar-refractivity contribution in [2.24, 2.45) is 11.8 Å². The number of esters is 1. The Kier molecular flexibility index (Phi) is 14.0. The van der Waals surface area contributed by atoms with Gasteiger partial charge < -0.3 is 19.7 Å². The molecule has 0 radical (unpaired) electrons. The number of carbonyl (C=O) groups is 1. The van der Waals surface area contributed by atoms with E-state index in [1.807, 2.05) is 51.1 Å². The summed E-state index contributed by atoms with van der Waals surface area (Å²) in [6.07, 6.45) is 3.91. The fourth-order valence-corrected chi connectivity index (χ4v) is 5.41. The van der Waals surface area contributed by atoms with Crippen molar-refractivity contribution in [3.05, 3.63) is 35.9 Å². The van der Waals surface area contributed by atoms with E-state index in [4.69, 9.17) is 9.47 Å². The van der Waals surface area contributed by atoms with Gasteiger partial charge in [-0.2, -0.15) is 0 Å². The smallest absolute Gasteiger partial charge is 0.306 e. The number of hydrogen-bond donors (Lipinski definition) is 2. The van der Waals surface area contributed by atoms with Crippen molar-refractivity contribution in [2.45, 2.75) is 135 Å². The van der Waals surface area contributed by atoms with Crippen LogP contribution in [0.4, 0.5) is 8.78 Å². The molecule has 0 saturated heterocycles. The molecule has 1 aliphatic carbocycles. The Morgan fingerprint density at radius 2 is 1.76 bits per heavy atom. The monoisotopic (exact) mass is 526 g/mol. The molecular weight excluding hydrogens is 478 g/mol. The van der Waals surface area contributed by atoms with Crippen molar-refractivity contribution >= 4 is 5.97 Å². The number of benzene rings is 1. The van der Waals surface area contributed by atoms with Gasteiger partial charge in [-0.25, -0.2) is 8.78 Å². The van der Waals surface area contributed by atoms with E-state index in [0.29, 0.717) is 38.7 Å². The topological polar surface area (TPSA) is 76.0 Å². The highest BCUT2D eigenvalue weighted by Gasteiger charge is 2.44. The second kappa shape index (κ2) is 16.4. The zero-order valence-electron chi connectivity index (χ0n) is 22.9. The lowest BCUT2D eigenvalue weighted by Gasteiger charge is -2.29. The van der Waals surface area contributed by atoms with E-state index in [0.717, 1.165) is 37.7 Å². The largest absolute Gasteiger partial charge is 0.461 e. The molecule has 1 aromatic rings. The summed E-state index contributed by atoms with van der Waals surface area (Å²) in [5.74, 6) is -3.37. The second-order valence-electron chi connectivity index (χ2n) is 10.9. The Bertz CT molecular complexity index is 758. The van der Waals surface area contributed by atoms with E-state index < -0.39 is 18.1 Å². The molecule has 0 aliphatic heterocycles. The maximum absolute atomic E-state index is 14.3. The summed E-state index contributed by atoms with van der Waals surface area (Å²) in [5.41, 5.74) is 0.970. The minimum Gasteiger partial charge on any atom is -0.461 e. The van der Waals surface area contributed by atoms with Crippen LogP contribution in [0.1, 0.15) is 103 Å². The van der Waals surface area contributed by atoms with Crippen LogP contribution in [0.25, 0.3) is 0 Å². The highest BCUT2D eigenvalue weighted by molar-refractivity contribution is 5.69. The highest BCUT2D eigenvalue weighted by Crippen LogP contribution is 2.42. The summed E-state index contributed by atoms with van der Waals surface area (Å²) < 4.78 is 40.0. The van der Waals surface area contributed by atoms with Crippen molar-refractivity contribution in [3.8, 4) is 0 Å². The first kappa shape index (κ1) is 31.6. The average Bonchev–Trinajstić information content (AvgIpc) is 3.15. The van der Waals surface area contributed by atoms with Crippen molar-refractivity contribution in [1.29, 1.82) is 0 Å². The zero-order valence-corrected chi connectivity index (χ0v) is 22.9. The van der Waals surface area contributed by atoms with Crippen molar-refractivity contribution in [3.63, 3.8) is 0 Å². The van der Waals surface area contributed by atoms with Gasteiger partial charge in [0.25, 0.3) is 5.92 Å². The molecule has 5 atom stereocenters. The van der Waals surface area contributed by atoms with Crippen LogP contribution < -0.4 is 0 Å². The second-order valence-corrected chi connectivity index (χ2v) is 10.9. The van der Waals surface area contributed by atoms with Crippen LogP contribution in [0.5, 0.6) is 0 Å². The quantitative estimate of drug-likeness (QED) is 0.162. The molecule has 1 aromatic carbocycles. The van der Waals surface area contributed by atoms with E-state index in [1.54, 1.807) is 0 Å². The summed E-state index contributed by atoms with van der Waals surface area (Å²) in [7, 11) is 0. The first-order chi connectivity index (χ1) is 17.6. The molecule has 212 valence electrons. The molecule has 1 saturated carbocycles. The highest BCUT2D eigenvalue weighted by atomic mass is 19.3. The van der Waals surface area contributed by atoms with E-state index in [2.05, 4.69) is 0 Å². The van der Waals surface area contributed by atoms with E-state index >= 15 is 0 Å². The van der Waals surface area contributed by atoms with Crippen molar-refractivity contribution in [2.75, 3.05) is 0 Å². The third kappa shape index (κ3) is 11.4. The van der Waals surface area contributed by atoms with Gasteiger partial charge in [0, 0.05) is 19.3 Å². The normalized spacial score (nSPS) is 22.9. The van der Waals surface area contributed by atoms with Gasteiger partial charge in [0.05, 0.1) is 18.3 Å². The number of halogens is 2. The fourth-order valence-electron chi connectivity index (χ4n) is 5.41. The Hall–Kier alpha value is -1.57. The molecule has 0 amide bonds. The predicted molar refractivity (Wildman–Crippen MR) is 141 cm³/mol. The first-order valence-electron chi connectivity index (χ1n) is 14.2. The minimum absolute atomic E-state index is 0.00759. The summed E-state index contributed by atoms with van der Waals surface area (Å²) in [6, 6.07) is 9.60. The van der Waals surface area contributed by atoms with Gasteiger partial charge in [0.2, 0.25) is 0 Å². The lowest BCUT2D eigenvalue weighted by molar-refractivity contribution is -0.145. The molecule has 37 heavy (non-hydrogen) atoms. The number of rotatable bonds is 18. The van der Waals surface area contributed by atoms with Gasteiger partial charge in [-0.3, -0.25) is 4.79 Å². The van der Waals surface area contributed by atoms with E-state index in [1.165, 1.54) is 0 Å². The van der Waals surface area contributed by atoms with Gasteiger partial charge in [-0.1, -0.05) is 62.9 Å². The molecule has 0 aromatic heterocycles. The van der Waals surface area contributed by atoms with Gasteiger partial charge in [0.1, 0.15) is 12.7 Å². The van der Waals surface area contributed by atoms with Crippen molar-refractivity contribution < 1.29 is 33.3 Å². The van der Waals surface area contributed by atoms with Crippen LogP contribution in [0.3, 0.4) is 0 Å². The third-order valence-electron chi connectivity index (χ3n) is 7.48. The molecule has 0 spiro atoms. The number of hydrogen-bond acceptors (Lipinski definition) is 5. The summed E-state index contributed by atoms with van der Waals surface area (Å²) in [4.78, 5) is 12.0. The third-order valence-corrected chi connectivity index (χ3v) is 7.48. The molecule has 1 fully saturated rings. The minimum atomic E-state index is -3.08. The molecule has 2 N–H and O–H groups in total. The number of carbonyl (C=O) groups excluding carboxylic acids is 1. The van der Waals surface area contributed by atoms with Gasteiger partial charge in [-0.15, -0.1) is 0 Å². The van der Waals surface area contributed by atoms with Crippen molar-refractivity contribution in [1.82, 2.24) is 0 Å². The summed E-state index contributed by atoms with van der Waals surface area (Å²) >= 11 is 0. The van der Waals surface area contributed by atoms with Crippen LogP contribution in [0.15, 0.2) is 30.3 Å². The van der Waals surface area contributed by atoms with Gasteiger partial charge in [-0.05, 0) is 63.4 Å². The Balaban J connectivity index is 1.76. The zero-order chi connectivity index (χ0) is 27.3. The number of unbranched alkanes of at least 4 members (excludes halogenated alkanes) is 4. The molecule has 0 heterocycles. The predicted octanol–water partition coefficient (Wildman–Crippen LogP) is 6.83. The number of ether oxygens (including phenoxy) is 2. The molecule has 5 nitrogen and oxygen atoms in total. The SMILES string of the molecule is CCCCC(F)(F)[C@H](O)CC[C@@H]1[C@@H](CCCCCCC(=O)OCc2ccccc2)[C@@H](O)C[C@H]1OC(C)C. The number of aliphatic hydroxyl groups is 2. The average molecular weight is 527 g/mol. The molecule has 7 heteroatoms. The molecule has 1 aliphatic rings. The van der Waals surface area contributed by atoms with Crippen LogP contribution in [0, 0.1) is 11.8 Å². The Morgan fingerprint density at radius 3 is 2.43 bits per heavy atom. The van der Waals surface area contributed by atoms with Crippen LogP contribution in [0.2, 0.25) is 0 Å². The number of aliphatic hydroxyl groups excluding tert-OH is 2. The van der Waals surface area contributed by atoms with E-state index in [-0.39, 0.29) is 42.9 Å². The lowest BCUT2D eigenvalue weighted by Crippen LogP contribution is -2.35. The van der Waals surface area contributed by atoms with Crippen LogP contribution in [-0.2, 0) is 20.9 Å². The Labute approximate surface area is 221 Å². The fraction of sp³-hybridized carbons (Fsp3) is 0.767. The first-order valence-corrected chi connectivity index (χ1v) is 14.2. The summed E-state index contributed by atoms with van der Waals surface area (Å²) in [6.45, 7) is 6.03. The standard InChI is InChI=1S/C30H48F2O5/c1-4-5-19-30(31,32)28(34)18-17-25-24(26(33)20-27(25)37-22(2)3)15-11-6-7-12-16-29(35)36-21-23-13-9-8-10-14-23/h8-10,13-14,22,24-28,33-34H,4-7,11-12,15-21H2,1-3H3/t24-,25-,26+,27-,28-/m1/s1. The molecule has 2 rings (SSSR count). The Morgan fingerprint density at radius 1 is 1.05 bits per heavy atom. The molecule has 0 bridgehead atoms. The number of alkyl halides is 2. The molecule has 0 unspecified atom stereocenters. The maximum Gasteiger partial charge on any atom is 0.306 e. The lowest BCUT2D eigenvalue weighted by atomic mass is 9.84.